The van der Waals surface area contributed by atoms with Crippen LogP contribution in [0.15, 0.2) is 18.2 Å². The zero-order valence-corrected chi connectivity index (χ0v) is 12.0. The summed E-state index contributed by atoms with van der Waals surface area (Å²) in [5.74, 6) is -0.286. The molecule has 3 nitrogen and oxygen atoms in total. The third-order valence-corrected chi connectivity index (χ3v) is 2.99. The first kappa shape index (κ1) is 15.5. The van der Waals surface area contributed by atoms with Crippen molar-refractivity contribution >= 4 is 0 Å². The highest BCUT2D eigenvalue weighted by Gasteiger charge is 2.13. The molecule has 0 N–H and O–H groups in total. The highest BCUT2D eigenvalue weighted by molar-refractivity contribution is 5.35. The Hall–Kier alpha value is -1.60. The van der Waals surface area contributed by atoms with E-state index in [0.717, 1.165) is 6.54 Å². The second-order valence-corrected chi connectivity index (χ2v) is 5.03. The predicted molar refractivity (Wildman–Crippen MR) is 73.6 cm³/mol. The first-order valence-electron chi connectivity index (χ1n) is 6.54. The van der Waals surface area contributed by atoms with Gasteiger partial charge in [0.05, 0.1) is 11.6 Å². The number of hydrogen-bond donors (Lipinski definition) is 0. The van der Waals surface area contributed by atoms with E-state index in [4.69, 9.17) is 10.00 Å². The number of nitriles is 1. The predicted octanol–water partition coefficient (Wildman–Crippen LogP) is 3.19. The molecule has 1 rings (SSSR count). The van der Waals surface area contributed by atoms with Gasteiger partial charge in [0, 0.05) is 18.6 Å². The number of rotatable bonds is 6. The van der Waals surface area contributed by atoms with Crippen molar-refractivity contribution in [2.75, 3.05) is 13.2 Å². The molecule has 0 saturated heterocycles. The van der Waals surface area contributed by atoms with E-state index in [2.05, 4.69) is 32.6 Å². The average molecular weight is 264 g/mol. The second kappa shape index (κ2) is 7.10. The summed E-state index contributed by atoms with van der Waals surface area (Å²) in [6, 6.07) is 7.00. The zero-order chi connectivity index (χ0) is 14.4. The maximum atomic E-state index is 13.6. The molecule has 0 unspecified atom stereocenters. The van der Waals surface area contributed by atoms with Crippen LogP contribution in [0.4, 0.5) is 4.39 Å². The van der Waals surface area contributed by atoms with Gasteiger partial charge < -0.3 is 4.74 Å². The van der Waals surface area contributed by atoms with E-state index in [1.807, 2.05) is 6.07 Å². The highest BCUT2D eigenvalue weighted by atomic mass is 19.1. The van der Waals surface area contributed by atoms with Gasteiger partial charge in [-0.2, -0.15) is 5.26 Å². The van der Waals surface area contributed by atoms with Crippen LogP contribution < -0.4 is 4.74 Å². The third-order valence-electron chi connectivity index (χ3n) is 2.99. The summed E-state index contributed by atoms with van der Waals surface area (Å²) >= 11 is 0. The smallest absolute Gasteiger partial charge is 0.166 e. The summed E-state index contributed by atoms with van der Waals surface area (Å²) in [6.45, 7) is 9.68. The van der Waals surface area contributed by atoms with Crippen molar-refractivity contribution in [3.63, 3.8) is 0 Å². The Morgan fingerprint density at radius 2 is 1.89 bits per heavy atom. The van der Waals surface area contributed by atoms with Crippen LogP contribution in [0.25, 0.3) is 0 Å². The lowest BCUT2D eigenvalue weighted by Crippen LogP contribution is -2.39. The number of nitrogens with zero attached hydrogens (tertiary/aromatic N) is 2. The molecule has 0 aliphatic heterocycles. The number of ether oxygens (including phenoxy) is 1. The second-order valence-electron chi connectivity index (χ2n) is 5.03. The minimum atomic E-state index is -0.486. The van der Waals surface area contributed by atoms with Crippen molar-refractivity contribution in [1.29, 1.82) is 5.26 Å². The molecule has 0 aliphatic rings. The fourth-order valence-electron chi connectivity index (χ4n) is 2.06. The molecular weight excluding hydrogens is 243 g/mol. The van der Waals surface area contributed by atoms with Gasteiger partial charge in [-0.3, -0.25) is 4.90 Å². The van der Waals surface area contributed by atoms with E-state index in [0.29, 0.717) is 24.3 Å². The molecule has 0 saturated carbocycles. The lowest BCUT2D eigenvalue weighted by Gasteiger charge is -2.30. The van der Waals surface area contributed by atoms with Crippen LogP contribution in [0.5, 0.6) is 5.75 Å². The third kappa shape index (κ3) is 4.53. The van der Waals surface area contributed by atoms with Crippen molar-refractivity contribution in [3.8, 4) is 11.8 Å². The van der Waals surface area contributed by atoms with Gasteiger partial charge in [-0.1, -0.05) is 0 Å². The molecule has 19 heavy (non-hydrogen) atoms. The molecule has 0 radical (unpaired) electrons. The van der Waals surface area contributed by atoms with Crippen LogP contribution in [0.1, 0.15) is 33.3 Å². The van der Waals surface area contributed by atoms with Crippen molar-refractivity contribution < 1.29 is 9.13 Å². The van der Waals surface area contributed by atoms with E-state index in [-0.39, 0.29) is 5.75 Å². The Bertz CT molecular complexity index is 444. The summed E-state index contributed by atoms with van der Waals surface area (Å²) in [4.78, 5) is 2.28. The molecule has 0 aliphatic carbocycles. The van der Waals surface area contributed by atoms with Crippen molar-refractivity contribution in [2.45, 2.75) is 39.8 Å². The maximum Gasteiger partial charge on any atom is 0.166 e. The minimum Gasteiger partial charge on any atom is -0.489 e. The van der Waals surface area contributed by atoms with E-state index in [1.54, 1.807) is 6.07 Å². The molecule has 0 aromatic heterocycles. The standard InChI is InChI=1S/C15H21FN2O/c1-11(2)18(12(3)4)7-8-19-15-6-5-13(10-17)9-14(15)16/h5-6,9,11-12H,7-8H2,1-4H3. The Morgan fingerprint density at radius 1 is 1.26 bits per heavy atom. The molecule has 0 spiro atoms. The van der Waals surface area contributed by atoms with Gasteiger partial charge >= 0.3 is 0 Å². The molecule has 1 aromatic rings. The molecule has 104 valence electrons. The van der Waals surface area contributed by atoms with Crippen LogP contribution >= 0.6 is 0 Å². The summed E-state index contributed by atoms with van der Waals surface area (Å²) in [5.41, 5.74) is 0.302. The fourth-order valence-corrected chi connectivity index (χ4v) is 2.06. The van der Waals surface area contributed by atoms with Gasteiger partial charge in [-0.05, 0) is 45.9 Å². The van der Waals surface area contributed by atoms with Crippen molar-refractivity contribution in [1.82, 2.24) is 4.90 Å². The molecule has 0 atom stereocenters. The molecule has 0 heterocycles. The normalized spacial score (nSPS) is 11.1. The zero-order valence-electron chi connectivity index (χ0n) is 12.0. The Labute approximate surface area is 114 Å². The van der Waals surface area contributed by atoms with Gasteiger partial charge in [0.25, 0.3) is 0 Å². The van der Waals surface area contributed by atoms with Crippen LogP contribution in [0.2, 0.25) is 0 Å². The van der Waals surface area contributed by atoms with Crippen LogP contribution in [-0.2, 0) is 0 Å². The van der Waals surface area contributed by atoms with Gasteiger partial charge in [-0.25, -0.2) is 4.39 Å². The lowest BCUT2D eigenvalue weighted by molar-refractivity contribution is 0.140. The van der Waals surface area contributed by atoms with Crippen molar-refractivity contribution in [3.05, 3.63) is 29.6 Å². The van der Waals surface area contributed by atoms with Crippen LogP contribution in [-0.4, -0.2) is 30.1 Å². The molecule has 1 aromatic carbocycles. The average Bonchev–Trinajstić information content (AvgIpc) is 2.35. The Kier molecular flexibility index (Phi) is 5.78. The van der Waals surface area contributed by atoms with E-state index in [9.17, 15) is 4.39 Å². The lowest BCUT2D eigenvalue weighted by atomic mass is 10.2. The van der Waals surface area contributed by atoms with Gasteiger partial charge in [-0.15, -0.1) is 0 Å². The number of halogens is 1. The molecule has 0 amide bonds. The Balaban J connectivity index is 2.56. The largest absolute Gasteiger partial charge is 0.489 e. The molecule has 4 heteroatoms. The quantitative estimate of drug-likeness (QED) is 0.791. The number of hydrogen-bond acceptors (Lipinski definition) is 3. The fraction of sp³-hybridized carbons (Fsp3) is 0.533. The van der Waals surface area contributed by atoms with E-state index < -0.39 is 5.82 Å². The SMILES string of the molecule is CC(C)N(CCOc1ccc(C#N)cc1F)C(C)C. The summed E-state index contributed by atoms with van der Waals surface area (Å²) in [7, 11) is 0. The monoisotopic (exact) mass is 264 g/mol. The Morgan fingerprint density at radius 3 is 2.37 bits per heavy atom. The van der Waals surface area contributed by atoms with Gasteiger partial charge in [0.15, 0.2) is 11.6 Å². The van der Waals surface area contributed by atoms with E-state index in [1.165, 1.54) is 12.1 Å². The van der Waals surface area contributed by atoms with Gasteiger partial charge in [0.1, 0.15) is 6.61 Å². The topological polar surface area (TPSA) is 36.3 Å². The van der Waals surface area contributed by atoms with Crippen molar-refractivity contribution in [2.24, 2.45) is 0 Å². The summed E-state index contributed by atoms with van der Waals surface area (Å²) in [6.07, 6.45) is 0. The van der Waals surface area contributed by atoms with Crippen LogP contribution in [0.3, 0.4) is 0 Å². The first-order valence-corrected chi connectivity index (χ1v) is 6.54. The van der Waals surface area contributed by atoms with Crippen LogP contribution in [0, 0.1) is 17.1 Å². The molecule has 0 bridgehead atoms. The highest BCUT2D eigenvalue weighted by Crippen LogP contribution is 2.18. The maximum absolute atomic E-state index is 13.6. The van der Waals surface area contributed by atoms with Gasteiger partial charge in [0.2, 0.25) is 0 Å². The molecule has 0 fully saturated rings. The molecular formula is C15H21FN2O. The number of benzene rings is 1. The first-order chi connectivity index (χ1) is 8.95. The van der Waals surface area contributed by atoms with E-state index >= 15 is 0 Å². The summed E-state index contributed by atoms with van der Waals surface area (Å²) < 4.78 is 19.0. The minimum absolute atomic E-state index is 0.200. The summed E-state index contributed by atoms with van der Waals surface area (Å²) in [5, 5.41) is 8.66.